The molecule has 0 saturated heterocycles. The molecule has 90 valence electrons. The van der Waals surface area contributed by atoms with E-state index in [0.717, 1.165) is 19.3 Å². The summed E-state index contributed by atoms with van der Waals surface area (Å²) in [6.07, 6.45) is -0.106. The van der Waals surface area contributed by atoms with E-state index in [1.54, 1.807) is 0 Å². The van der Waals surface area contributed by atoms with Crippen LogP contribution in [0.2, 0.25) is 0 Å². The first-order chi connectivity index (χ1) is 7.13. The van der Waals surface area contributed by atoms with Gasteiger partial charge in [-0.2, -0.15) is 0 Å². The standard InChI is InChI=1S/C10H19F2NO2/c11-10(12)7-13(4-5-14)6-8-2-1-3-9(8)15/h8-10,14-15H,1-7H2. The number of alkyl halides is 2. The molecule has 0 radical (unpaired) electrons. The molecular formula is C10H19F2NO2. The van der Waals surface area contributed by atoms with Crippen LogP contribution in [0.5, 0.6) is 0 Å². The third kappa shape index (κ3) is 4.40. The van der Waals surface area contributed by atoms with E-state index in [0.29, 0.717) is 6.54 Å². The molecule has 15 heavy (non-hydrogen) atoms. The van der Waals surface area contributed by atoms with Crippen molar-refractivity contribution in [3.05, 3.63) is 0 Å². The van der Waals surface area contributed by atoms with Crippen molar-refractivity contribution in [2.45, 2.75) is 31.8 Å². The van der Waals surface area contributed by atoms with Crippen LogP contribution >= 0.6 is 0 Å². The summed E-state index contributed by atoms with van der Waals surface area (Å²) in [5, 5.41) is 18.3. The van der Waals surface area contributed by atoms with Gasteiger partial charge in [-0.15, -0.1) is 0 Å². The zero-order chi connectivity index (χ0) is 11.3. The van der Waals surface area contributed by atoms with Crippen LogP contribution in [-0.4, -0.2) is 53.9 Å². The summed E-state index contributed by atoms with van der Waals surface area (Å²) in [6, 6.07) is 0. The summed E-state index contributed by atoms with van der Waals surface area (Å²) < 4.78 is 24.4. The maximum absolute atomic E-state index is 12.2. The van der Waals surface area contributed by atoms with Gasteiger partial charge < -0.3 is 10.2 Å². The fourth-order valence-electron chi connectivity index (χ4n) is 2.16. The maximum atomic E-state index is 12.2. The summed E-state index contributed by atoms with van der Waals surface area (Å²) in [5.74, 6) is 0.0929. The van der Waals surface area contributed by atoms with Crippen LogP contribution in [0, 0.1) is 5.92 Å². The molecule has 3 nitrogen and oxygen atoms in total. The van der Waals surface area contributed by atoms with Crippen molar-refractivity contribution >= 4 is 0 Å². The molecular weight excluding hydrogens is 204 g/mol. The fraction of sp³-hybridized carbons (Fsp3) is 1.00. The lowest BCUT2D eigenvalue weighted by molar-refractivity contribution is 0.0492. The van der Waals surface area contributed by atoms with Gasteiger partial charge >= 0.3 is 0 Å². The topological polar surface area (TPSA) is 43.7 Å². The lowest BCUT2D eigenvalue weighted by Crippen LogP contribution is -2.37. The Kier molecular flexibility index (Phi) is 5.42. The van der Waals surface area contributed by atoms with Gasteiger partial charge in [-0.3, -0.25) is 4.90 Å². The van der Waals surface area contributed by atoms with Crippen molar-refractivity contribution in [3.8, 4) is 0 Å². The van der Waals surface area contributed by atoms with Gasteiger partial charge in [0, 0.05) is 13.1 Å². The second-order valence-corrected chi connectivity index (χ2v) is 4.13. The monoisotopic (exact) mass is 223 g/mol. The number of halogens is 2. The minimum Gasteiger partial charge on any atom is -0.395 e. The van der Waals surface area contributed by atoms with Gasteiger partial charge in [-0.1, -0.05) is 6.42 Å². The molecule has 0 aromatic rings. The minimum absolute atomic E-state index is 0.0929. The van der Waals surface area contributed by atoms with Crippen LogP contribution in [0.3, 0.4) is 0 Å². The zero-order valence-electron chi connectivity index (χ0n) is 8.78. The Hall–Kier alpha value is -0.260. The van der Waals surface area contributed by atoms with Crippen LogP contribution in [0.15, 0.2) is 0 Å². The van der Waals surface area contributed by atoms with Crippen LogP contribution in [-0.2, 0) is 0 Å². The van der Waals surface area contributed by atoms with Gasteiger partial charge in [0.2, 0.25) is 0 Å². The largest absolute Gasteiger partial charge is 0.395 e. The molecule has 2 unspecified atom stereocenters. The molecule has 1 aliphatic carbocycles. The number of aliphatic hydroxyl groups is 2. The molecule has 2 N–H and O–H groups in total. The molecule has 0 aromatic heterocycles. The van der Waals surface area contributed by atoms with E-state index in [4.69, 9.17) is 5.11 Å². The Morgan fingerprint density at radius 1 is 1.33 bits per heavy atom. The Morgan fingerprint density at radius 2 is 2.07 bits per heavy atom. The van der Waals surface area contributed by atoms with E-state index in [1.807, 2.05) is 0 Å². The van der Waals surface area contributed by atoms with Crippen molar-refractivity contribution in [2.75, 3.05) is 26.2 Å². The smallest absolute Gasteiger partial charge is 0.251 e. The summed E-state index contributed by atoms with van der Waals surface area (Å²) in [6.45, 7) is 0.291. The van der Waals surface area contributed by atoms with E-state index in [-0.39, 0.29) is 31.7 Å². The van der Waals surface area contributed by atoms with Gasteiger partial charge in [-0.25, -0.2) is 8.78 Å². The molecule has 1 fully saturated rings. The van der Waals surface area contributed by atoms with Gasteiger partial charge in [0.25, 0.3) is 6.43 Å². The van der Waals surface area contributed by atoms with Gasteiger partial charge in [0.05, 0.1) is 19.3 Å². The molecule has 1 rings (SSSR count). The van der Waals surface area contributed by atoms with Crippen molar-refractivity contribution in [1.29, 1.82) is 0 Å². The summed E-state index contributed by atoms with van der Waals surface area (Å²) in [5.41, 5.74) is 0. The van der Waals surface area contributed by atoms with Crippen LogP contribution < -0.4 is 0 Å². The van der Waals surface area contributed by atoms with Crippen molar-refractivity contribution in [2.24, 2.45) is 5.92 Å². The van der Waals surface area contributed by atoms with Crippen molar-refractivity contribution in [1.82, 2.24) is 4.90 Å². The molecule has 0 aromatic carbocycles. The average molecular weight is 223 g/mol. The summed E-state index contributed by atoms with van der Waals surface area (Å²) >= 11 is 0. The Morgan fingerprint density at radius 3 is 2.53 bits per heavy atom. The Labute approximate surface area is 88.7 Å². The molecule has 2 atom stereocenters. The quantitative estimate of drug-likeness (QED) is 0.697. The first kappa shape index (κ1) is 12.8. The summed E-state index contributed by atoms with van der Waals surface area (Å²) in [4.78, 5) is 1.53. The maximum Gasteiger partial charge on any atom is 0.251 e. The SMILES string of the molecule is OCCN(CC(F)F)CC1CCCC1O. The predicted octanol–water partition coefficient (Wildman–Crippen LogP) is 0.707. The lowest BCUT2D eigenvalue weighted by atomic mass is 10.1. The van der Waals surface area contributed by atoms with Gasteiger partial charge in [0.1, 0.15) is 0 Å². The molecule has 1 saturated carbocycles. The van der Waals surface area contributed by atoms with E-state index < -0.39 is 6.43 Å². The minimum atomic E-state index is -2.38. The Bertz CT molecular complexity index is 181. The van der Waals surface area contributed by atoms with E-state index in [9.17, 15) is 13.9 Å². The van der Waals surface area contributed by atoms with Crippen LogP contribution in [0.1, 0.15) is 19.3 Å². The zero-order valence-corrected chi connectivity index (χ0v) is 8.78. The molecule has 5 heteroatoms. The molecule has 0 heterocycles. The van der Waals surface area contributed by atoms with Crippen molar-refractivity contribution < 1.29 is 19.0 Å². The second-order valence-electron chi connectivity index (χ2n) is 4.13. The van der Waals surface area contributed by atoms with Gasteiger partial charge in [-0.05, 0) is 18.8 Å². The number of nitrogens with zero attached hydrogens (tertiary/aromatic N) is 1. The van der Waals surface area contributed by atoms with Gasteiger partial charge in [0.15, 0.2) is 0 Å². The molecule has 0 bridgehead atoms. The molecule has 0 aliphatic heterocycles. The third-order valence-corrected chi connectivity index (χ3v) is 2.92. The molecule has 0 spiro atoms. The Balaban J connectivity index is 2.35. The van der Waals surface area contributed by atoms with E-state index in [2.05, 4.69) is 0 Å². The fourth-order valence-corrected chi connectivity index (χ4v) is 2.16. The number of aliphatic hydroxyl groups excluding tert-OH is 2. The summed E-state index contributed by atoms with van der Waals surface area (Å²) in [7, 11) is 0. The number of hydrogen-bond acceptors (Lipinski definition) is 3. The third-order valence-electron chi connectivity index (χ3n) is 2.92. The normalized spacial score (nSPS) is 26.8. The first-order valence-corrected chi connectivity index (χ1v) is 5.43. The van der Waals surface area contributed by atoms with Crippen molar-refractivity contribution in [3.63, 3.8) is 0 Å². The lowest BCUT2D eigenvalue weighted by Gasteiger charge is -2.25. The number of hydrogen-bond donors (Lipinski definition) is 2. The number of rotatable bonds is 6. The first-order valence-electron chi connectivity index (χ1n) is 5.43. The van der Waals surface area contributed by atoms with Crippen LogP contribution in [0.4, 0.5) is 8.78 Å². The van der Waals surface area contributed by atoms with E-state index >= 15 is 0 Å². The van der Waals surface area contributed by atoms with Crippen LogP contribution in [0.25, 0.3) is 0 Å². The highest BCUT2D eigenvalue weighted by Gasteiger charge is 2.27. The highest BCUT2D eigenvalue weighted by atomic mass is 19.3. The molecule has 1 aliphatic rings. The second kappa shape index (κ2) is 6.35. The average Bonchev–Trinajstić information content (AvgIpc) is 2.51. The predicted molar refractivity (Wildman–Crippen MR) is 52.9 cm³/mol. The highest BCUT2D eigenvalue weighted by Crippen LogP contribution is 2.26. The molecule has 0 amide bonds. The highest BCUT2D eigenvalue weighted by molar-refractivity contribution is 4.79. The van der Waals surface area contributed by atoms with E-state index in [1.165, 1.54) is 4.90 Å².